The predicted molar refractivity (Wildman–Crippen MR) is 132 cm³/mol. The average Bonchev–Trinajstić information content (AvgIpc) is 3.38. The molecule has 7 heteroatoms. The topological polar surface area (TPSA) is 64.7 Å². The van der Waals surface area contributed by atoms with Crippen LogP contribution >= 0.6 is 11.3 Å². The van der Waals surface area contributed by atoms with Crippen LogP contribution in [0.4, 0.5) is 0 Å². The van der Waals surface area contributed by atoms with E-state index in [1.807, 2.05) is 29.6 Å². The van der Waals surface area contributed by atoms with E-state index in [1.54, 1.807) is 18.2 Å². The third-order valence-corrected chi connectivity index (χ3v) is 6.73. The first kappa shape index (κ1) is 23.2. The van der Waals surface area contributed by atoms with Crippen LogP contribution in [0.3, 0.4) is 0 Å². The lowest BCUT2D eigenvalue weighted by atomic mass is 10.1. The first-order valence-corrected chi connectivity index (χ1v) is 12.1. The second-order valence-electron chi connectivity index (χ2n) is 8.44. The van der Waals surface area contributed by atoms with E-state index < -0.39 is 0 Å². The van der Waals surface area contributed by atoms with Gasteiger partial charge < -0.3 is 15.5 Å². The summed E-state index contributed by atoms with van der Waals surface area (Å²) in [6.07, 6.45) is 0. The molecule has 1 aliphatic rings. The van der Waals surface area contributed by atoms with Crippen LogP contribution in [0.15, 0.2) is 66.0 Å². The van der Waals surface area contributed by atoms with Crippen molar-refractivity contribution in [2.45, 2.75) is 19.6 Å². The number of amides is 2. The lowest BCUT2D eigenvalue weighted by Crippen LogP contribution is -2.43. The number of thiophene rings is 1. The fourth-order valence-corrected chi connectivity index (χ4v) is 4.48. The van der Waals surface area contributed by atoms with Gasteiger partial charge >= 0.3 is 0 Å². The Bertz CT molecular complexity index is 1060. The highest BCUT2D eigenvalue weighted by molar-refractivity contribution is 7.12. The highest BCUT2D eigenvalue weighted by Gasteiger charge is 2.14. The molecule has 1 aliphatic heterocycles. The molecule has 2 N–H and O–H groups in total. The molecule has 2 aromatic carbocycles. The Morgan fingerprint density at radius 3 is 2.24 bits per heavy atom. The number of hydrogen-bond donors (Lipinski definition) is 2. The van der Waals surface area contributed by atoms with Crippen molar-refractivity contribution in [2.24, 2.45) is 0 Å². The largest absolute Gasteiger partial charge is 0.348 e. The minimum Gasteiger partial charge on any atom is -0.348 e. The summed E-state index contributed by atoms with van der Waals surface area (Å²) in [7, 11) is 2.17. The highest BCUT2D eigenvalue weighted by Crippen LogP contribution is 2.12. The van der Waals surface area contributed by atoms with Gasteiger partial charge in [0.2, 0.25) is 0 Å². The first-order valence-electron chi connectivity index (χ1n) is 11.2. The van der Waals surface area contributed by atoms with E-state index in [4.69, 9.17) is 0 Å². The summed E-state index contributed by atoms with van der Waals surface area (Å²) in [4.78, 5) is 30.2. The zero-order valence-electron chi connectivity index (χ0n) is 18.9. The predicted octanol–water partition coefficient (Wildman–Crippen LogP) is 3.36. The van der Waals surface area contributed by atoms with Gasteiger partial charge in [0.25, 0.3) is 11.8 Å². The van der Waals surface area contributed by atoms with E-state index in [1.165, 1.54) is 16.9 Å². The maximum absolute atomic E-state index is 12.6. The van der Waals surface area contributed by atoms with Gasteiger partial charge in [-0.2, -0.15) is 0 Å². The zero-order chi connectivity index (χ0) is 23.0. The summed E-state index contributed by atoms with van der Waals surface area (Å²) in [5, 5.41) is 7.79. The fourth-order valence-electron chi connectivity index (χ4n) is 3.84. The molecular formula is C26H30N4O2S. The molecule has 0 atom stereocenters. The van der Waals surface area contributed by atoms with E-state index in [-0.39, 0.29) is 11.8 Å². The molecule has 1 fully saturated rings. The molecule has 172 valence electrons. The van der Waals surface area contributed by atoms with E-state index in [2.05, 4.69) is 45.7 Å². The summed E-state index contributed by atoms with van der Waals surface area (Å²) >= 11 is 1.42. The molecule has 0 radical (unpaired) electrons. The van der Waals surface area contributed by atoms with Crippen LogP contribution in [0.5, 0.6) is 0 Å². The van der Waals surface area contributed by atoms with Gasteiger partial charge in [0.1, 0.15) is 0 Å². The Morgan fingerprint density at radius 1 is 0.818 bits per heavy atom. The summed E-state index contributed by atoms with van der Waals surface area (Å²) in [6.45, 7) is 6.26. The van der Waals surface area contributed by atoms with Crippen molar-refractivity contribution in [3.05, 3.63) is 93.2 Å². The van der Waals surface area contributed by atoms with Crippen LogP contribution in [0, 0.1) is 0 Å². The number of nitrogens with one attached hydrogen (secondary N) is 2. The monoisotopic (exact) mass is 462 g/mol. The number of benzene rings is 2. The van der Waals surface area contributed by atoms with Crippen molar-refractivity contribution < 1.29 is 9.59 Å². The molecule has 3 aromatic rings. The molecule has 2 heterocycles. The Balaban J connectivity index is 1.25. The normalized spacial score (nSPS) is 14.7. The third-order valence-electron chi connectivity index (χ3n) is 5.86. The number of carbonyl (C=O) groups is 2. The van der Waals surface area contributed by atoms with Crippen LogP contribution in [0.1, 0.15) is 36.7 Å². The minimum atomic E-state index is -0.103. The average molecular weight is 463 g/mol. The molecule has 0 spiro atoms. The van der Waals surface area contributed by atoms with E-state index in [0.29, 0.717) is 23.5 Å². The molecule has 6 nitrogen and oxygen atoms in total. The number of carbonyl (C=O) groups excluding carboxylic acids is 2. The Hall–Kier alpha value is -3.00. The molecule has 0 saturated carbocycles. The quantitative estimate of drug-likeness (QED) is 0.539. The summed E-state index contributed by atoms with van der Waals surface area (Å²) in [6, 6.07) is 19.4. The van der Waals surface area contributed by atoms with Crippen LogP contribution < -0.4 is 10.6 Å². The third kappa shape index (κ3) is 6.74. The minimum absolute atomic E-state index is 0.0818. The first-order chi connectivity index (χ1) is 16.1. The molecule has 1 aromatic heterocycles. The maximum atomic E-state index is 12.6. The molecule has 2 amide bonds. The van der Waals surface area contributed by atoms with Crippen LogP contribution in [0.2, 0.25) is 0 Å². The summed E-state index contributed by atoms with van der Waals surface area (Å²) in [5.74, 6) is -0.185. The number of rotatable bonds is 8. The van der Waals surface area contributed by atoms with Crippen molar-refractivity contribution in [1.29, 1.82) is 0 Å². The van der Waals surface area contributed by atoms with Gasteiger partial charge in [0.15, 0.2) is 0 Å². The maximum Gasteiger partial charge on any atom is 0.261 e. The van der Waals surface area contributed by atoms with Gasteiger partial charge in [-0.05, 0) is 47.3 Å². The Morgan fingerprint density at radius 2 is 1.52 bits per heavy atom. The molecule has 0 unspecified atom stereocenters. The van der Waals surface area contributed by atoms with Gasteiger partial charge in [-0.15, -0.1) is 11.3 Å². The van der Waals surface area contributed by atoms with Gasteiger partial charge in [0.05, 0.1) is 4.88 Å². The number of hydrogen-bond acceptors (Lipinski definition) is 5. The van der Waals surface area contributed by atoms with Crippen molar-refractivity contribution in [3.8, 4) is 0 Å². The molecule has 1 saturated heterocycles. The highest BCUT2D eigenvalue weighted by atomic mass is 32.1. The zero-order valence-corrected chi connectivity index (χ0v) is 19.7. The summed E-state index contributed by atoms with van der Waals surface area (Å²) < 4.78 is 0. The molecule has 0 aliphatic carbocycles. The second kappa shape index (κ2) is 11.2. The van der Waals surface area contributed by atoms with Crippen molar-refractivity contribution >= 4 is 23.2 Å². The van der Waals surface area contributed by atoms with E-state index >= 15 is 0 Å². The molecular weight excluding hydrogens is 432 g/mol. The van der Waals surface area contributed by atoms with Crippen molar-refractivity contribution in [2.75, 3.05) is 33.2 Å². The number of piperazine rings is 1. The fraction of sp³-hybridized carbons (Fsp3) is 0.308. The van der Waals surface area contributed by atoms with E-state index in [0.717, 1.165) is 43.9 Å². The van der Waals surface area contributed by atoms with Gasteiger partial charge in [-0.3, -0.25) is 14.5 Å². The lowest BCUT2D eigenvalue weighted by molar-refractivity contribution is 0.0943. The lowest BCUT2D eigenvalue weighted by Gasteiger charge is -2.32. The molecule has 0 bridgehead atoms. The summed E-state index contributed by atoms with van der Waals surface area (Å²) in [5.41, 5.74) is 3.94. The Labute approximate surface area is 199 Å². The van der Waals surface area contributed by atoms with Crippen LogP contribution in [0.25, 0.3) is 0 Å². The van der Waals surface area contributed by atoms with Gasteiger partial charge in [0, 0.05) is 51.4 Å². The standard InChI is InChI=1S/C26H30N4O2S/c1-29-11-13-30(14-12-29)19-22-5-2-4-21(16-22)18-27-25(31)23-9-7-20(8-10-23)17-28-26(32)24-6-3-15-33-24/h2-10,15-16H,11-14,17-19H2,1H3,(H,27,31)(H,28,32). The molecule has 4 rings (SSSR count). The van der Waals surface area contributed by atoms with E-state index in [9.17, 15) is 9.59 Å². The van der Waals surface area contributed by atoms with Crippen LogP contribution in [-0.2, 0) is 19.6 Å². The molecule has 33 heavy (non-hydrogen) atoms. The van der Waals surface area contributed by atoms with Gasteiger partial charge in [-0.25, -0.2) is 0 Å². The van der Waals surface area contributed by atoms with Crippen molar-refractivity contribution in [1.82, 2.24) is 20.4 Å². The van der Waals surface area contributed by atoms with Gasteiger partial charge in [-0.1, -0.05) is 42.5 Å². The SMILES string of the molecule is CN1CCN(Cc2cccc(CNC(=O)c3ccc(CNC(=O)c4cccs4)cc3)c2)CC1. The second-order valence-corrected chi connectivity index (χ2v) is 9.39. The van der Waals surface area contributed by atoms with Crippen LogP contribution in [-0.4, -0.2) is 54.8 Å². The van der Waals surface area contributed by atoms with Crippen molar-refractivity contribution in [3.63, 3.8) is 0 Å². The smallest absolute Gasteiger partial charge is 0.261 e. The number of likely N-dealkylation sites (N-methyl/N-ethyl adjacent to an activating group) is 1. The Kier molecular flexibility index (Phi) is 7.88. The number of nitrogens with zero attached hydrogens (tertiary/aromatic N) is 2.